The first-order chi connectivity index (χ1) is 4.31. The molecule has 0 aromatic heterocycles. The first kappa shape index (κ1) is 9.42. The molecule has 60 valence electrons. The van der Waals surface area contributed by atoms with Crippen molar-refractivity contribution in [3.8, 4) is 0 Å². The van der Waals surface area contributed by atoms with E-state index in [0.717, 1.165) is 0 Å². The minimum absolute atomic E-state index is 0.0347. The standard InChI is InChI=1S/C5H6F4O/c1-4(10,2-3-6)5(7,8)9/h2-3,10H,1H3. The summed E-state index contributed by atoms with van der Waals surface area (Å²) in [5, 5.41) is 8.40. The van der Waals surface area contributed by atoms with E-state index in [-0.39, 0.29) is 12.4 Å². The maximum Gasteiger partial charge on any atom is 0.420 e. The Kier molecular flexibility index (Phi) is 2.42. The normalized spacial score (nSPS) is 19.4. The zero-order valence-corrected chi connectivity index (χ0v) is 5.11. The SMILES string of the molecule is CC(O)(C=CF)C(F)(F)F. The van der Waals surface area contributed by atoms with Crippen LogP contribution in [-0.2, 0) is 0 Å². The van der Waals surface area contributed by atoms with E-state index in [0.29, 0.717) is 6.92 Å². The Balaban J connectivity index is 4.40. The van der Waals surface area contributed by atoms with Crippen LogP contribution in [0.3, 0.4) is 0 Å². The molecule has 0 fully saturated rings. The predicted molar refractivity (Wildman–Crippen MR) is 26.9 cm³/mol. The van der Waals surface area contributed by atoms with Crippen LogP contribution in [0, 0.1) is 0 Å². The molecule has 10 heavy (non-hydrogen) atoms. The number of rotatable bonds is 1. The van der Waals surface area contributed by atoms with Crippen molar-refractivity contribution in [2.75, 3.05) is 0 Å². The van der Waals surface area contributed by atoms with Gasteiger partial charge in [0, 0.05) is 0 Å². The molecule has 0 saturated heterocycles. The Labute approximate surface area is 55.0 Å². The zero-order chi connectivity index (χ0) is 8.41. The largest absolute Gasteiger partial charge is 0.420 e. The van der Waals surface area contributed by atoms with Gasteiger partial charge < -0.3 is 5.11 Å². The van der Waals surface area contributed by atoms with E-state index in [1.54, 1.807) is 0 Å². The van der Waals surface area contributed by atoms with Crippen LogP contribution in [-0.4, -0.2) is 16.9 Å². The molecular weight excluding hydrogens is 152 g/mol. The fourth-order valence-corrected chi connectivity index (χ4v) is 0.217. The third-order valence-electron chi connectivity index (χ3n) is 0.961. The summed E-state index contributed by atoms with van der Waals surface area (Å²) in [7, 11) is 0. The molecule has 0 bridgehead atoms. The molecule has 0 amide bonds. The van der Waals surface area contributed by atoms with Gasteiger partial charge in [-0.3, -0.25) is 0 Å². The summed E-state index contributed by atoms with van der Waals surface area (Å²) < 4.78 is 45.8. The van der Waals surface area contributed by atoms with E-state index in [9.17, 15) is 17.6 Å². The highest BCUT2D eigenvalue weighted by molar-refractivity contribution is 4.99. The quantitative estimate of drug-likeness (QED) is 0.576. The van der Waals surface area contributed by atoms with Gasteiger partial charge in [-0.1, -0.05) is 0 Å². The van der Waals surface area contributed by atoms with Gasteiger partial charge in [0.1, 0.15) is 0 Å². The van der Waals surface area contributed by atoms with Crippen molar-refractivity contribution < 1.29 is 22.7 Å². The monoisotopic (exact) mass is 158 g/mol. The van der Waals surface area contributed by atoms with Crippen LogP contribution in [0.25, 0.3) is 0 Å². The van der Waals surface area contributed by atoms with E-state index in [4.69, 9.17) is 5.11 Å². The molecule has 0 saturated carbocycles. The third-order valence-corrected chi connectivity index (χ3v) is 0.961. The fourth-order valence-electron chi connectivity index (χ4n) is 0.217. The summed E-state index contributed by atoms with van der Waals surface area (Å²) in [6.07, 6.45) is -5.13. The third kappa shape index (κ3) is 1.98. The molecule has 0 rings (SSSR count). The Morgan fingerprint density at radius 2 is 1.70 bits per heavy atom. The highest BCUT2D eigenvalue weighted by atomic mass is 19.4. The lowest BCUT2D eigenvalue weighted by Crippen LogP contribution is -2.39. The van der Waals surface area contributed by atoms with Crippen molar-refractivity contribution in [1.29, 1.82) is 0 Å². The number of aliphatic hydroxyl groups is 1. The van der Waals surface area contributed by atoms with Crippen LogP contribution in [0.5, 0.6) is 0 Å². The molecule has 1 unspecified atom stereocenters. The molecular formula is C5H6F4O. The van der Waals surface area contributed by atoms with Gasteiger partial charge in [-0.25, -0.2) is 4.39 Å². The summed E-state index contributed by atoms with van der Waals surface area (Å²) in [5.41, 5.74) is -3.07. The van der Waals surface area contributed by atoms with Gasteiger partial charge in [-0.2, -0.15) is 13.2 Å². The zero-order valence-electron chi connectivity index (χ0n) is 5.11. The molecule has 0 aliphatic heterocycles. The minimum atomic E-state index is -4.82. The van der Waals surface area contributed by atoms with E-state index in [1.165, 1.54) is 0 Å². The number of halogens is 4. The lowest BCUT2D eigenvalue weighted by atomic mass is 10.1. The van der Waals surface area contributed by atoms with Crippen molar-refractivity contribution in [3.05, 3.63) is 12.4 Å². The first-order valence-electron chi connectivity index (χ1n) is 2.38. The predicted octanol–water partition coefficient (Wildman–Crippen LogP) is 1.78. The number of alkyl halides is 3. The summed E-state index contributed by atoms with van der Waals surface area (Å²) in [5.74, 6) is 0. The van der Waals surface area contributed by atoms with Crippen molar-refractivity contribution in [1.82, 2.24) is 0 Å². The maximum atomic E-state index is 11.6. The summed E-state index contributed by atoms with van der Waals surface area (Å²) in [6, 6.07) is 0. The Hall–Kier alpha value is -0.580. The van der Waals surface area contributed by atoms with E-state index in [1.807, 2.05) is 0 Å². The molecule has 0 aromatic rings. The first-order valence-corrected chi connectivity index (χ1v) is 2.38. The van der Waals surface area contributed by atoms with Gasteiger partial charge >= 0.3 is 6.18 Å². The summed E-state index contributed by atoms with van der Waals surface area (Å²) in [6.45, 7) is 0.461. The number of hydrogen-bond acceptors (Lipinski definition) is 1. The van der Waals surface area contributed by atoms with E-state index < -0.39 is 11.8 Å². The fraction of sp³-hybridized carbons (Fsp3) is 0.600. The van der Waals surface area contributed by atoms with Crippen molar-refractivity contribution >= 4 is 0 Å². The lowest BCUT2D eigenvalue weighted by Gasteiger charge is -2.21. The van der Waals surface area contributed by atoms with Crippen LogP contribution < -0.4 is 0 Å². The summed E-state index contributed by atoms with van der Waals surface area (Å²) in [4.78, 5) is 0. The van der Waals surface area contributed by atoms with Crippen LogP contribution in [0.4, 0.5) is 17.6 Å². The van der Waals surface area contributed by atoms with Gasteiger partial charge in [-0.15, -0.1) is 0 Å². The van der Waals surface area contributed by atoms with Gasteiger partial charge in [0.25, 0.3) is 0 Å². The molecule has 0 aliphatic rings. The smallest absolute Gasteiger partial charge is 0.377 e. The van der Waals surface area contributed by atoms with Crippen molar-refractivity contribution in [2.24, 2.45) is 0 Å². The molecule has 1 N–H and O–H groups in total. The van der Waals surface area contributed by atoms with Crippen LogP contribution in [0.2, 0.25) is 0 Å². The van der Waals surface area contributed by atoms with E-state index >= 15 is 0 Å². The van der Waals surface area contributed by atoms with Crippen LogP contribution in [0.15, 0.2) is 12.4 Å². The molecule has 0 aromatic carbocycles. The Morgan fingerprint density at radius 3 is 1.80 bits per heavy atom. The molecule has 0 spiro atoms. The average Bonchev–Trinajstić information content (AvgIpc) is 1.61. The van der Waals surface area contributed by atoms with Gasteiger partial charge in [-0.05, 0) is 13.0 Å². The van der Waals surface area contributed by atoms with Crippen LogP contribution >= 0.6 is 0 Å². The van der Waals surface area contributed by atoms with Gasteiger partial charge in [0.05, 0.1) is 6.33 Å². The summed E-state index contributed by atoms with van der Waals surface area (Å²) >= 11 is 0. The maximum absolute atomic E-state index is 11.6. The van der Waals surface area contributed by atoms with E-state index in [2.05, 4.69) is 0 Å². The molecule has 1 nitrogen and oxygen atoms in total. The molecule has 5 heteroatoms. The lowest BCUT2D eigenvalue weighted by molar-refractivity contribution is -0.232. The van der Waals surface area contributed by atoms with Crippen molar-refractivity contribution in [3.63, 3.8) is 0 Å². The number of hydrogen-bond donors (Lipinski definition) is 1. The Morgan fingerprint density at radius 1 is 1.30 bits per heavy atom. The molecule has 0 heterocycles. The second-order valence-corrected chi connectivity index (χ2v) is 1.94. The second-order valence-electron chi connectivity index (χ2n) is 1.94. The molecule has 0 radical (unpaired) electrons. The molecule has 1 atom stereocenters. The average molecular weight is 158 g/mol. The highest BCUT2D eigenvalue weighted by Gasteiger charge is 2.47. The topological polar surface area (TPSA) is 20.2 Å². The minimum Gasteiger partial charge on any atom is -0.377 e. The van der Waals surface area contributed by atoms with Crippen LogP contribution in [0.1, 0.15) is 6.92 Å². The highest BCUT2D eigenvalue weighted by Crippen LogP contribution is 2.30. The van der Waals surface area contributed by atoms with Gasteiger partial charge in [0.15, 0.2) is 5.60 Å². The second kappa shape index (κ2) is 2.57. The van der Waals surface area contributed by atoms with Crippen molar-refractivity contribution in [2.45, 2.75) is 18.7 Å². The Bertz CT molecular complexity index is 135. The van der Waals surface area contributed by atoms with Gasteiger partial charge in [0.2, 0.25) is 0 Å². The molecule has 0 aliphatic carbocycles.